The van der Waals surface area contributed by atoms with Gasteiger partial charge in [0.25, 0.3) is 0 Å². The quantitative estimate of drug-likeness (QED) is 0.352. The highest BCUT2D eigenvalue weighted by Gasteiger charge is 2.21. The summed E-state index contributed by atoms with van der Waals surface area (Å²) in [4.78, 5) is 3.49. The maximum atomic E-state index is 9.87. The van der Waals surface area contributed by atoms with Gasteiger partial charge in [0.05, 0.1) is 22.3 Å². The van der Waals surface area contributed by atoms with E-state index in [0.717, 1.165) is 38.9 Å². The first-order chi connectivity index (χ1) is 14.5. The van der Waals surface area contributed by atoms with Crippen molar-refractivity contribution in [1.82, 2.24) is 4.98 Å². The van der Waals surface area contributed by atoms with Crippen molar-refractivity contribution in [2.75, 3.05) is 0 Å². The molecule has 2 N–H and O–H groups in total. The van der Waals surface area contributed by atoms with E-state index in [0.29, 0.717) is 17.0 Å². The number of aromatic hydroxyl groups is 1. The lowest BCUT2D eigenvalue weighted by Gasteiger charge is -2.17. The number of rotatable bonds is 4. The number of allylic oxidation sites excluding steroid dienone is 1. The molecule has 3 nitrogen and oxygen atoms in total. The SMILES string of the molecule is CC/C(=C(/c1ccc(C)cc1)c1[nH]c2ccccc2c1Cl)c1ccc(O)cc1C#N. The van der Waals surface area contributed by atoms with Crippen LogP contribution in [0.2, 0.25) is 5.02 Å². The molecule has 4 rings (SSSR count). The van der Waals surface area contributed by atoms with Crippen LogP contribution in [0.1, 0.15) is 41.3 Å². The van der Waals surface area contributed by atoms with Crippen LogP contribution in [0, 0.1) is 18.3 Å². The van der Waals surface area contributed by atoms with Gasteiger partial charge in [-0.25, -0.2) is 0 Å². The molecule has 0 radical (unpaired) electrons. The molecule has 0 saturated heterocycles. The number of para-hydroxylation sites is 1. The largest absolute Gasteiger partial charge is 0.508 e. The van der Waals surface area contributed by atoms with Crippen LogP contribution in [-0.4, -0.2) is 10.1 Å². The van der Waals surface area contributed by atoms with E-state index < -0.39 is 0 Å². The van der Waals surface area contributed by atoms with Crippen molar-refractivity contribution in [3.8, 4) is 11.8 Å². The molecular formula is C26H21ClN2O. The van der Waals surface area contributed by atoms with Crippen molar-refractivity contribution in [3.05, 3.63) is 99.7 Å². The molecule has 0 spiro atoms. The van der Waals surface area contributed by atoms with Crippen molar-refractivity contribution in [2.45, 2.75) is 20.3 Å². The Morgan fingerprint density at radius 3 is 2.47 bits per heavy atom. The summed E-state index contributed by atoms with van der Waals surface area (Å²) in [6.07, 6.45) is 0.689. The van der Waals surface area contributed by atoms with E-state index in [4.69, 9.17) is 11.6 Å². The molecule has 0 unspecified atom stereocenters. The summed E-state index contributed by atoms with van der Waals surface area (Å²) in [5, 5.41) is 21.2. The molecule has 148 valence electrons. The Hall–Kier alpha value is -3.48. The summed E-state index contributed by atoms with van der Waals surface area (Å²) in [7, 11) is 0. The molecule has 0 bridgehead atoms. The zero-order valence-electron chi connectivity index (χ0n) is 16.8. The minimum Gasteiger partial charge on any atom is -0.508 e. The van der Waals surface area contributed by atoms with Crippen LogP contribution >= 0.6 is 11.6 Å². The fraction of sp³-hybridized carbons (Fsp3) is 0.115. The standard InChI is InChI=1S/C26H21ClN2O/c1-3-20(21-13-12-19(30)14-18(21)15-28)24(17-10-8-16(2)9-11-17)26-25(27)22-6-4-5-7-23(22)29-26/h4-14,29-30H,3H2,1-2H3/b24-20+. The molecular weight excluding hydrogens is 392 g/mol. The molecule has 0 aliphatic heterocycles. The molecule has 1 aromatic heterocycles. The lowest BCUT2D eigenvalue weighted by atomic mass is 9.88. The third kappa shape index (κ3) is 3.47. The predicted molar refractivity (Wildman–Crippen MR) is 124 cm³/mol. The van der Waals surface area contributed by atoms with Gasteiger partial charge in [-0.15, -0.1) is 0 Å². The maximum Gasteiger partial charge on any atom is 0.116 e. The first-order valence-corrected chi connectivity index (χ1v) is 10.2. The highest BCUT2D eigenvalue weighted by molar-refractivity contribution is 6.38. The van der Waals surface area contributed by atoms with Gasteiger partial charge in [0.15, 0.2) is 0 Å². The Kier molecular flexibility index (Phi) is 5.35. The van der Waals surface area contributed by atoms with Gasteiger partial charge in [-0.1, -0.05) is 66.6 Å². The van der Waals surface area contributed by atoms with Crippen molar-refractivity contribution in [3.63, 3.8) is 0 Å². The first kappa shape index (κ1) is 19.8. The van der Waals surface area contributed by atoms with Gasteiger partial charge in [-0.2, -0.15) is 5.26 Å². The molecule has 0 amide bonds. The predicted octanol–water partition coefficient (Wildman–Crippen LogP) is 7.08. The summed E-state index contributed by atoms with van der Waals surface area (Å²) < 4.78 is 0. The fourth-order valence-electron chi connectivity index (χ4n) is 3.86. The van der Waals surface area contributed by atoms with Crippen LogP contribution in [0.15, 0.2) is 66.7 Å². The molecule has 4 aromatic rings. The number of halogens is 1. The summed E-state index contributed by atoms with van der Waals surface area (Å²) in [5.41, 5.74) is 7.15. The highest BCUT2D eigenvalue weighted by atomic mass is 35.5. The average Bonchev–Trinajstić information content (AvgIpc) is 3.09. The lowest BCUT2D eigenvalue weighted by molar-refractivity contribution is 0.475. The molecule has 0 atom stereocenters. The third-order valence-corrected chi connectivity index (χ3v) is 5.73. The Labute approximate surface area is 180 Å². The number of hydrogen-bond donors (Lipinski definition) is 2. The Morgan fingerprint density at radius 1 is 1.07 bits per heavy atom. The van der Waals surface area contributed by atoms with Gasteiger partial charge in [0.2, 0.25) is 0 Å². The van der Waals surface area contributed by atoms with E-state index in [1.807, 2.05) is 24.3 Å². The zero-order chi connectivity index (χ0) is 21.3. The van der Waals surface area contributed by atoms with Gasteiger partial charge in [0.1, 0.15) is 5.75 Å². The highest BCUT2D eigenvalue weighted by Crippen LogP contribution is 2.41. The van der Waals surface area contributed by atoms with E-state index in [1.165, 1.54) is 11.6 Å². The van der Waals surface area contributed by atoms with Gasteiger partial charge in [-0.3, -0.25) is 0 Å². The Balaban J connectivity index is 2.10. The lowest BCUT2D eigenvalue weighted by Crippen LogP contribution is -1.98. The number of nitrogens with one attached hydrogen (secondary N) is 1. The second kappa shape index (κ2) is 8.10. The molecule has 1 heterocycles. The summed E-state index contributed by atoms with van der Waals surface area (Å²) in [5.74, 6) is 0.0753. The van der Waals surface area contributed by atoms with E-state index in [2.05, 4.69) is 49.2 Å². The van der Waals surface area contributed by atoms with Crippen LogP contribution in [0.3, 0.4) is 0 Å². The van der Waals surface area contributed by atoms with E-state index in [9.17, 15) is 10.4 Å². The molecule has 4 heteroatoms. The monoisotopic (exact) mass is 412 g/mol. The second-order valence-corrected chi connectivity index (χ2v) is 7.65. The number of benzene rings is 3. The second-order valence-electron chi connectivity index (χ2n) is 7.27. The van der Waals surface area contributed by atoms with Crippen molar-refractivity contribution >= 4 is 33.7 Å². The minimum atomic E-state index is 0.0753. The molecule has 0 saturated carbocycles. The molecule has 0 fully saturated rings. The number of H-pyrrole nitrogens is 1. The van der Waals surface area contributed by atoms with E-state index in [-0.39, 0.29) is 5.75 Å². The number of hydrogen-bond acceptors (Lipinski definition) is 2. The summed E-state index contributed by atoms with van der Waals surface area (Å²) in [6, 6.07) is 23.4. The summed E-state index contributed by atoms with van der Waals surface area (Å²) >= 11 is 6.85. The Bertz CT molecular complexity index is 1310. The van der Waals surface area contributed by atoms with Gasteiger partial charge < -0.3 is 10.1 Å². The van der Waals surface area contributed by atoms with Crippen LogP contribution in [0.25, 0.3) is 22.0 Å². The number of nitrogens with zero attached hydrogens (tertiary/aromatic N) is 1. The van der Waals surface area contributed by atoms with Crippen LogP contribution in [0.4, 0.5) is 0 Å². The number of nitriles is 1. The Morgan fingerprint density at radius 2 is 1.80 bits per heavy atom. The molecule has 0 aliphatic rings. The number of aryl methyl sites for hydroxylation is 1. The van der Waals surface area contributed by atoms with E-state index in [1.54, 1.807) is 12.1 Å². The molecule has 30 heavy (non-hydrogen) atoms. The third-order valence-electron chi connectivity index (χ3n) is 5.34. The maximum absolute atomic E-state index is 9.87. The fourth-order valence-corrected chi connectivity index (χ4v) is 4.17. The van der Waals surface area contributed by atoms with Crippen LogP contribution in [0.5, 0.6) is 5.75 Å². The zero-order valence-corrected chi connectivity index (χ0v) is 17.6. The number of fused-ring (bicyclic) bond motifs is 1. The molecule has 0 aliphatic carbocycles. The minimum absolute atomic E-state index is 0.0753. The number of aromatic amines is 1. The van der Waals surface area contributed by atoms with Gasteiger partial charge in [-0.05, 0) is 54.3 Å². The smallest absolute Gasteiger partial charge is 0.116 e. The van der Waals surface area contributed by atoms with Crippen molar-refractivity contribution in [2.24, 2.45) is 0 Å². The van der Waals surface area contributed by atoms with Gasteiger partial charge in [0, 0.05) is 16.5 Å². The van der Waals surface area contributed by atoms with E-state index >= 15 is 0 Å². The average molecular weight is 413 g/mol. The van der Waals surface area contributed by atoms with Crippen LogP contribution < -0.4 is 0 Å². The topological polar surface area (TPSA) is 59.8 Å². The number of phenols is 1. The van der Waals surface area contributed by atoms with Crippen molar-refractivity contribution in [1.29, 1.82) is 5.26 Å². The van der Waals surface area contributed by atoms with Crippen molar-refractivity contribution < 1.29 is 5.11 Å². The number of aromatic nitrogens is 1. The first-order valence-electron chi connectivity index (χ1n) is 9.83. The van der Waals surface area contributed by atoms with Crippen LogP contribution in [-0.2, 0) is 0 Å². The number of phenolic OH excluding ortho intramolecular Hbond substituents is 1. The normalized spacial score (nSPS) is 11.9. The molecule has 3 aromatic carbocycles. The summed E-state index contributed by atoms with van der Waals surface area (Å²) in [6.45, 7) is 4.12. The van der Waals surface area contributed by atoms with Gasteiger partial charge >= 0.3 is 0 Å².